The van der Waals surface area contributed by atoms with Crippen molar-refractivity contribution in [3.05, 3.63) is 53.9 Å². The van der Waals surface area contributed by atoms with Crippen LogP contribution in [0.4, 0.5) is 0 Å². The molecule has 2 aromatic heterocycles. The van der Waals surface area contributed by atoms with Crippen LogP contribution in [0.15, 0.2) is 47.2 Å². The highest BCUT2D eigenvalue weighted by molar-refractivity contribution is 5.91. The summed E-state index contributed by atoms with van der Waals surface area (Å²) in [5, 5.41) is 9.92. The maximum atomic E-state index is 11.3. The molecule has 20 heavy (non-hydrogen) atoms. The van der Waals surface area contributed by atoms with Gasteiger partial charge in [0.1, 0.15) is 16.9 Å². The zero-order chi connectivity index (χ0) is 14.1. The van der Waals surface area contributed by atoms with Crippen LogP contribution in [0.5, 0.6) is 11.6 Å². The van der Waals surface area contributed by atoms with Crippen LogP contribution in [0.2, 0.25) is 0 Å². The van der Waals surface area contributed by atoms with E-state index < -0.39 is 5.97 Å². The van der Waals surface area contributed by atoms with Gasteiger partial charge in [0.15, 0.2) is 0 Å². The van der Waals surface area contributed by atoms with Gasteiger partial charge in [-0.15, -0.1) is 0 Å². The molecule has 0 saturated carbocycles. The van der Waals surface area contributed by atoms with E-state index in [0.29, 0.717) is 16.8 Å². The minimum Gasteiger partial charge on any atom is -0.478 e. The van der Waals surface area contributed by atoms with Gasteiger partial charge in [0.25, 0.3) is 0 Å². The van der Waals surface area contributed by atoms with Gasteiger partial charge < -0.3 is 14.3 Å². The highest BCUT2D eigenvalue weighted by atomic mass is 16.5. The number of aromatic carboxylic acids is 1. The van der Waals surface area contributed by atoms with Crippen molar-refractivity contribution in [2.24, 2.45) is 0 Å². The Morgan fingerprint density at radius 3 is 2.95 bits per heavy atom. The van der Waals surface area contributed by atoms with Crippen LogP contribution >= 0.6 is 0 Å². The molecule has 0 bridgehead atoms. The number of rotatable bonds is 3. The van der Waals surface area contributed by atoms with Crippen LogP contribution in [-0.2, 0) is 0 Å². The van der Waals surface area contributed by atoms with Gasteiger partial charge in [-0.2, -0.15) is 0 Å². The molecule has 0 amide bonds. The lowest BCUT2D eigenvalue weighted by molar-refractivity contribution is 0.0694. The van der Waals surface area contributed by atoms with Gasteiger partial charge in [-0.1, -0.05) is 11.6 Å². The van der Waals surface area contributed by atoms with Gasteiger partial charge in [-0.05, 0) is 31.2 Å². The number of hydrogen-bond acceptors (Lipinski definition) is 4. The number of carboxylic acids is 1. The van der Waals surface area contributed by atoms with Crippen molar-refractivity contribution in [1.82, 2.24) is 4.98 Å². The van der Waals surface area contributed by atoms with E-state index in [4.69, 9.17) is 9.15 Å². The molecular formula is C15H11NO4. The van der Waals surface area contributed by atoms with E-state index in [9.17, 15) is 9.90 Å². The first-order valence-electron chi connectivity index (χ1n) is 5.99. The van der Waals surface area contributed by atoms with Crippen molar-refractivity contribution < 1.29 is 19.1 Å². The van der Waals surface area contributed by atoms with Crippen LogP contribution in [0.1, 0.15) is 15.9 Å². The Hall–Kier alpha value is -2.82. The molecule has 0 atom stereocenters. The molecule has 0 saturated heterocycles. The number of carbonyl (C=O) groups is 1. The van der Waals surface area contributed by atoms with Gasteiger partial charge in [-0.3, -0.25) is 0 Å². The molecule has 0 fully saturated rings. The maximum Gasteiger partial charge on any atom is 0.339 e. The lowest BCUT2D eigenvalue weighted by Gasteiger charge is -2.09. The quantitative estimate of drug-likeness (QED) is 0.786. The third-order valence-electron chi connectivity index (χ3n) is 2.92. The molecule has 3 aromatic rings. The second kappa shape index (κ2) is 4.70. The highest BCUT2D eigenvalue weighted by Gasteiger charge is 2.14. The third-order valence-corrected chi connectivity index (χ3v) is 2.92. The van der Waals surface area contributed by atoms with Gasteiger partial charge >= 0.3 is 5.97 Å². The minimum absolute atomic E-state index is 0.104. The number of hydrogen-bond donors (Lipinski definition) is 1. The Bertz CT molecular complexity index is 791. The first kappa shape index (κ1) is 12.2. The summed E-state index contributed by atoms with van der Waals surface area (Å²) in [4.78, 5) is 15.4. The summed E-state index contributed by atoms with van der Waals surface area (Å²) in [6, 6.07) is 8.42. The SMILES string of the molecule is Cc1ccc(Oc2nccc3occc23)c(C(=O)O)c1. The van der Waals surface area contributed by atoms with Crippen molar-refractivity contribution in [1.29, 1.82) is 0 Å². The number of pyridine rings is 1. The standard InChI is InChI=1S/C15H11NO4/c1-9-2-3-13(11(8-9)15(17)18)20-14-10-5-7-19-12(10)4-6-16-14/h2-8H,1H3,(H,17,18). The zero-order valence-electron chi connectivity index (χ0n) is 10.7. The number of aryl methyl sites for hydroxylation is 1. The van der Waals surface area contributed by atoms with Crippen LogP contribution in [0.3, 0.4) is 0 Å². The summed E-state index contributed by atoms with van der Waals surface area (Å²) in [5.74, 6) is -0.463. The first-order chi connectivity index (χ1) is 9.65. The molecule has 5 nitrogen and oxygen atoms in total. The van der Waals surface area contributed by atoms with E-state index in [1.807, 2.05) is 6.92 Å². The van der Waals surface area contributed by atoms with E-state index in [-0.39, 0.29) is 11.3 Å². The van der Waals surface area contributed by atoms with E-state index in [1.54, 1.807) is 36.5 Å². The summed E-state index contributed by atoms with van der Waals surface area (Å²) in [6.07, 6.45) is 3.09. The summed E-state index contributed by atoms with van der Waals surface area (Å²) in [5.41, 5.74) is 1.59. The molecule has 3 rings (SSSR count). The average Bonchev–Trinajstić information content (AvgIpc) is 2.90. The predicted octanol–water partition coefficient (Wildman–Crippen LogP) is 3.63. The molecule has 0 spiro atoms. The fourth-order valence-corrected chi connectivity index (χ4v) is 1.95. The smallest absolute Gasteiger partial charge is 0.339 e. The third kappa shape index (κ3) is 2.09. The summed E-state index contributed by atoms with van der Waals surface area (Å²) < 4.78 is 10.9. The Morgan fingerprint density at radius 2 is 2.15 bits per heavy atom. The topological polar surface area (TPSA) is 72.6 Å². The summed E-state index contributed by atoms with van der Waals surface area (Å²) in [7, 11) is 0. The second-order valence-electron chi connectivity index (χ2n) is 4.36. The van der Waals surface area contributed by atoms with E-state index in [2.05, 4.69) is 4.98 Å². The van der Waals surface area contributed by atoms with Crippen LogP contribution < -0.4 is 4.74 Å². The number of furan rings is 1. The molecule has 1 aromatic carbocycles. The van der Waals surface area contributed by atoms with Crippen molar-refractivity contribution in [2.45, 2.75) is 6.92 Å². The van der Waals surface area contributed by atoms with Gasteiger partial charge in [-0.25, -0.2) is 9.78 Å². The molecule has 5 heteroatoms. The highest BCUT2D eigenvalue weighted by Crippen LogP contribution is 2.30. The predicted molar refractivity (Wildman–Crippen MR) is 72.2 cm³/mol. The number of carboxylic acid groups (broad SMARTS) is 1. The average molecular weight is 269 g/mol. The molecule has 0 radical (unpaired) electrons. The summed E-state index contributed by atoms with van der Waals surface area (Å²) in [6.45, 7) is 1.82. The molecule has 0 unspecified atom stereocenters. The fourth-order valence-electron chi connectivity index (χ4n) is 1.95. The van der Waals surface area contributed by atoms with Crippen molar-refractivity contribution in [3.63, 3.8) is 0 Å². The monoisotopic (exact) mass is 269 g/mol. The molecule has 2 heterocycles. The van der Waals surface area contributed by atoms with Gasteiger partial charge in [0.2, 0.25) is 5.88 Å². The number of nitrogens with zero attached hydrogens (tertiary/aromatic N) is 1. The Balaban J connectivity index is 2.07. The Labute approximate surface area is 114 Å². The van der Waals surface area contributed by atoms with Crippen molar-refractivity contribution in [3.8, 4) is 11.6 Å². The Morgan fingerprint density at radius 1 is 1.30 bits per heavy atom. The Kier molecular flexibility index (Phi) is 2.87. The maximum absolute atomic E-state index is 11.3. The number of aromatic nitrogens is 1. The molecule has 0 aliphatic carbocycles. The van der Waals surface area contributed by atoms with Crippen molar-refractivity contribution in [2.75, 3.05) is 0 Å². The van der Waals surface area contributed by atoms with E-state index >= 15 is 0 Å². The van der Waals surface area contributed by atoms with Crippen LogP contribution in [0, 0.1) is 6.92 Å². The van der Waals surface area contributed by atoms with Crippen LogP contribution in [0.25, 0.3) is 11.0 Å². The number of benzene rings is 1. The zero-order valence-corrected chi connectivity index (χ0v) is 10.7. The molecule has 0 aliphatic rings. The van der Waals surface area contributed by atoms with Gasteiger partial charge in [0, 0.05) is 6.20 Å². The first-order valence-corrected chi connectivity index (χ1v) is 5.99. The normalized spacial score (nSPS) is 10.7. The second-order valence-corrected chi connectivity index (χ2v) is 4.36. The minimum atomic E-state index is -1.04. The lowest BCUT2D eigenvalue weighted by Crippen LogP contribution is -2.01. The van der Waals surface area contributed by atoms with Gasteiger partial charge in [0.05, 0.1) is 11.6 Å². The number of ether oxygens (including phenoxy) is 1. The summed E-state index contributed by atoms with van der Waals surface area (Å²) >= 11 is 0. The fraction of sp³-hybridized carbons (Fsp3) is 0.0667. The van der Waals surface area contributed by atoms with Crippen LogP contribution in [-0.4, -0.2) is 16.1 Å². The molecule has 1 N–H and O–H groups in total. The van der Waals surface area contributed by atoms with E-state index in [1.165, 1.54) is 6.26 Å². The largest absolute Gasteiger partial charge is 0.478 e. The molecule has 0 aliphatic heterocycles. The lowest BCUT2D eigenvalue weighted by atomic mass is 10.1. The molecular weight excluding hydrogens is 258 g/mol. The van der Waals surface area contributed by atoms with E-state index in [0.717, 1.165) is 5.56 Å². The molecule has 100 valence electrons. The van der Waals surface area contributed by atoms with Crippen molar-refractivity contribution >= 4 is 16.9 Å². The number of fused-ring (bicyclic) bond motifs is 1.